The average Bonchev–Trinajstić information content (AvgIpc) is 2.46. The maximum atomic E-state index is 13.3. The van der Waals surface area contributed by atoms with E-state index in [9.17, 15) is 9.50 Å². The number of aliphatic hydroxyl groups excluding tert-OH is 1. The topological polar surface area (TPSA) is 23.5 Å². The predicted molar refractivity (Wildman–Crippen MR) is 81.2 cm³/mol. The second-order valence-electron chi connectivity index (χ2n) is 5.03. The molecule has 0 aromatic heterocycles. The Morgan fingerprint density at radius 2 is 2.05 bits per heavy atom. The van der Waals surface area contributed by atoms with Crippen LogP contribution in [0.3, 0.4) is 0 Å². The molecule has 0 aliphatic carbocycles. The van der Waals surface area contributed by atoms with Crippen molar-refractivity contribution in [1.82, 2.24) is 0 Å². The number of para-hydroxylation sites is 1. The first kappa shape index (κ1) is 13.6. The summed E-state index contributed by atoms with van der Waals surface area (Å²) >= 11 is 3.22. The van der Waals surface area contributed by atoms with Gasteiger partial charge in [0.15, 0.2) is 0 Å². The molecule has 3 rings (SSSR count). The molecule has 0 bridgehead atoms. The number of hydrogen-bond donors (Lipinski definition) is 1. The van der Waals surface area contributed by atoms with Gasteiger partial charge in [-0.1, -0.05) is 24.3 Å². The van der Waals surface area contributed by atoms with Crippen LogP contribution in [0.5, 0.6) is 0 Å². The van der Waals surface area contributed by atoms with Crippen molar-refractivity contribution >= 4 is 21.6 Å². The molecule has 1 atom stereocenters. The molecule has 20 heavy (non-hydrogen) atoms. The molecule has 2 nitrogen and oxygen atoms in total. The van der Waals surface area contributed by atoms with E-state index in [1.54, 1.807) is 6.07 Å². The largest absolute Gasteiger partial charge is 0.388 e. The summed E-state index contributed by atoms with van der Waals surface area (Å²) in [6.07, 6.45) is 0.335. The first-order valence-electron chi connectivity index (χ1n) is 6.61. The molecule has 2 aromatic carbocycles. The fourth-order valence-corrected chi connectivity index (χ4v) is 3.06. The van der Waals surface area contributed by atoms with Gasteiger partial charge in [-0.2, -0.15) is 0 Å². The van der Waals surface area contributed by atoms with Gasteiger partial charge in [0.05, 0.1) is 10.6 Å². The Morgan fingerprint density at radius 1 is 1.25 bits per heavy atom. The molecule has 0 spiro atoms. The van der Waals surface area contributed by atoms with Crippen molar-refractivity contribution in [3.05, 3.63) is 63.9 Å². The highest BCUT2D eigenvalue weighted by molar-refractivity contribution is 9.10. The highest BCUT2D eigenvalue weighted by atomic mass is 79.9. The van der Waals surface area contributed by atoms with Gasteiger partial charge in [-0.3, -0.25) is 0 Å². The van der Waals surface area contributed by atoms with E-state index in [1.807, 2.05) is 30.3 Å². The highest BCUT2D eigenvalue weighted by Gasteiger charge is 2.23. The van der Waals surface area contributed by atoms with E-state index in [4.69, 9.17) is 0 Å². The lowest BCUT2D eigenvalue weighted by Gasteiger charge is -2.34. The second-order valence-corrected chi connectivity index (χ2v) is 5.89. The smallest absolute Gasteiger partial charge is 0.137 e. The molecule has 1 heterocycles. The van der Waals surface area contributed by atoms with Crippen molar-refractivity contribution in [2.45, 2.75) is 19.1 Å². The zero-order valence-corrected chi connectivity index (χ0v) is 12.5. The third kappa shape index (κ3) is 2.58. The first-order chi connectivity index (χ1) is 9.65. The van der Waals surface area contributed by atoms with Crippen LogP contribution in [0.2, 0.25) is 0 Å². The zero-order chi connectivity index (χ0) is 14.1. The van der Waals surface area contributed by atoms with E-state index in [-0.39, 0.29) is 11.9 Å². The molecule has 1 unspecified atom stereocenters. The molecule has 0 radical (unpaired) electrons. The second kappa shape index (κ2) is 5.54. The summed E-state index contributed by atoms with van der Waals surface area (Å²) in [5, 5.41) is 10.0. The Bertz CT molecular complexity index is 632. The Balaban J connectivity index is 1.88. The third-order valence-corrected chi connectivity index (χ3v) is 4.27. The van der Waals surface area contributed by atoms with Gasteiger partial charge in [0.25, 0.3) is 0 Å². The normalized spacial score (nSPS) is 17.9. The van der Waals surface area contributed by atoms with Crippen LogP contribution in [0.1, 0.15) is 23.7 Å². The van der Waals surface area contributed by atoms with Crippen LogP contribution in [-0.2, 0) is 6.54 Å². The summed E-state index contributed by atoms with van der Waals surface area (Å²) in [4.78, 5) is 2.22. The van der Waals surface area contributed by atoms with Gasteiger partial charge in [-0.15, -0.1) is 0 Å². The quantitative estimate of drug-likeness (QED) is 0.895. The van der Waals surface area contributed by atoms with Crippen molar-refractivity contribution in [1.29, 1.82) is 0 Å². The lowest BCUT2D eigenvalue weighted by atomic mass is 9.98. The van der Waals surface area contributed by atoms with E-state index in [2.05, 4.69) is 20.8 Å². The van der Waals surface area contributed by atoms with Gasteiger partial charge in [0.2, 0.25) is 0 Å². The average molecular weight is 336 g/mol. The molecule has 1 aliphatic heterocycles. The minimum atomic E-state index is -0.387. The fourth-order valence-electron chi connectivity index (χ4n) is 2.63. The standard InChI is InChI=1S/C16H15BrFNO/c17-13-9-11(5-6-14(13)18)10-19-8-7-16(20)12-3-1-2-4-15(12)19/h1-6,9,16,20H,7-8,10H2. The van der Waals surface area contributed by atoms with Gasteiger partial charge in [-0.05, 0) is 46.1 Å². The van der Waals surface area contributed by atoms with Gasteiger partial charge in [0.1, 0.15) is 5.82 Å². The van der Waals surface area contributed by atoms with Crippen molar-refractivity contribution in [3.63, 3.8) is 0 Å². The minimum Gasteiger partial charge on any atom is -0.388 e. The summed E-state index contributed by atoms with van der Waals surface area (Å²) in [6, 6.07) is 13.0. The van der Waals surface area contributed by atoms with Gasteiger partial charge in [0, 0.05) is 24.3 Å². The van der Waals surface area contributed by atoms with E-state index >= 15 is 0 Å². The van der Waals surface area contributed by atoms with Crippen LogP contribution in [0.4, 0.5) is 10.1 Å². The van der Waals surface area contributed by atoms with Crippen LogP contribution >= 0.6 is 15.9 Å². The number of fused-ring (bicyclic) bond motifs is 1. The van der Waals surface area contributed by atoms with Crippen LogP contribution < -0.4 is 4.90 Å². The monoisotopic (exact) mass is 335 g/mol. The van der Waals surface area contributed by atoms with E-state index < -0.39 is 0 Å². The minimum absolute atomic E-state index is 0.247. The predicted octanol–water partition coefficient (Wildman–Crippen LogP) is 4.03. The van der Waals surface area contributed by atoms with Crippen LogP contribution in [0.25, 0.3) is 0 Å². The molecule has 0 saturated heterocycles. The SMILES string of the molecule is OC1CCN(Cc2ccc(F)c(Br)c2)c2ccccc21. The number of anilines is 1. The molecule has 1 N–H and O–H groups in total. The summed E-state index contributed by atoms with van der Waals surface area (Å²) < 4.78 is 13.8. The van der Waals surface area contributed by atoms with Gasteiger partial charge in [-0.25, -0.2) is 4.39 Å². The maximum Gasteiger partial charge on any atom is 0.137 e. The molecular weight excluding hydrogens is 321 g/mol. The molecule has 2 aromatic rings. The molecule has 1 aliphatic rings. The lowest BCUT2D eigenvalue weighted by Crippen LogP contribution is -2.30. The number of halogens is 2. The Hall–Kier alpha value is -1.39. The third-order valence-electron chi connectivity index (χ3n) is 3.67. The van der Waals surface area contributed by atoms with Crippen LogP contribution in [0.15, 0.2) is 46.9 Å². The van der Waals surface area contributed by atoms with E-state index in [1.165, 1.54) is 6.07 Å². The number of benzene rings is 2. The number of nitrogens with zero attached hydrogens (tertiary/aromatic N) is 1. The highest BCUT2D eigenvalue weighted by Crippen LogP contribution is 2.34. The maximum absolute atomic E-state index is 13.3. The summed E-state index contributed by atoms with van der Waals surface area (Å²) in [5.41, 5.74) is 3.08. The molecule has 4 heteroatoms. The molecule has 104 valence electrons. The van der Waals surface area contributed by atoms with Crippen molar-refractivity contribution in [2.75, 3.05) is 11.4 Å². The van der Waals surface area contributed by atoms with Crippen molar-refractivity contribution in [3.8, 4) is 0 Å². The summed E-state index contributed by atoms with van der Waals surface area (Å²) in [5.74, 6) is -0.247. The van der Waals surface area contributed by atoms with Gasteiger partial charge >= 0.3 is 0 Å². The van der Waals surface area contributed by atoms with Crippen molar-refractivity contribution in [2.24, 2.45) is 0 Å². The fraction of sp³-hybridized carbons (Fsp3) is 0.250. The molecule has 0 amide bonds. The van der Waals surface area contributed by atoms with Crippen LogP contribution in [0, 0.1) is 5.82 Å². The number of hydrogen-bond acceptors (Lipinski definition) is 2. The van der Waals surface area contributed by atoms with E-state index in [0.29, 0.717) is 11.0 Å². The molecular formula is C16H15BrFNO. The number of rotatable bonds is 2. The van der Waals surface area contributed by atoms with Crippen LogP contribution in [-0.4, -0.2) is 11.7 Å². The summed E-state index contributed by atoms with van der Waals surface area (Å²) in [7, 11) is 0. The van der Waals surface area contributed by atoms with Gasteiger partial charge < -0.3 is 10.0 Å². The Morgan fingerprint density at radius 3 is 2.85 bits per heavy atom. The Kier molecular flexibility index (Phi) is 3.76. The zero-order valence-electron chi connectivity index (χ0n) is 10.9. The van der Waals surface area contributed by atoms with Crippen molar-refractivity contribution < 1.29 is 9.50 Å². The van der Waals surface area contributed by atoms with E-state index in [0.717, 1.165) is 29.8 Å². The molecule has 0 saturated carbocycles. The lowest BCUT2D eigenvalue weighted by molar-refractivity contribution is 0.164. The Labute approximate surface area is 126 Å². The molecule has 0 fully saturated rings. The number of aliphatic hydroxyl groups is 1. The first-order valence-corrected chi connectivity index (χ1v) is 7.40. The summed E-state index contributed by atoms with van der Waals surface area (Å²) in [6.45, 7) is 1.51.